The molecule has 0 bridgehead atoms. The molecule has 1 aromatic carbocycles. The number of anilines is 1. The van der Waals surface area contributed by atoms with E-state index in [0.717, 1.165) is 40.3 Å². The van der Waals surface area contributed by atoms with Crippen LogP contribution in [0.2, 0.25) is 0 Å². The molecule has 0 radical (unpaired) electrons. The Morgan fingerprint density at radius 2 is 2.05 bits per heavy atom. The Hall–Kier alpha value is -1.39. The fourth-order valence-electron chi connectivity index (χ4n) is 2.86. The van der Waals surface area contributed by atoms with Gasteiger partial charge in [0.25, 0.3) is 0 Å². The van der Waals surface area contributed by atoms with Crippen molar-refractivity contribution in [3.8, 4) is 11.3 Å². The third-order valence-electron chi connectivity index (χ3n) is 4.16. The highest BCUT2D eigenvalue weighted by Crippen LogP contribution is 2.34. The number of aliphatic hydroxyl groups is 1. The molecule has 1 fully saturated rings. The Morgan fingerprint density at radius 1 is 1.24 bits per heavy atom. The molecular weight excluding hydrogens is 280 g/mol. The molecule has 1 aliphatic rings. The largest absolute Gasteiger partial charge is 0.391 e. The third-order valence-corrected chi connectivity index (χ3v) is 5.27. The molecule has 1 aliphatic heterocycles. The molecule has 4 heteroatoms. The summed E-state index contributed by atoms with van der Waals surface area (Å²) in [7, 11) is 0. The van der Waals surface area contributed by atoms with E-state index in [1.54, 1.807) is 11.3 Å². The zero-order valence-electron chi connectivity index (χ0n) is 12.5. The Bertz CT molecular complexity index is 582. The molecule has 1 atom stereocenters. The van der Waals surface area contributed by atoms with Gasteiger partial charge in [0.2, 0.25) is 0 Å². The summed E-state index contributed by atoms with van der Waals surface area (Å²) in [6.07, 6.45) is 3.77. The van der Waals surface area contributed by atoms with Crippen LogP contribution in [0.1, 0.15) is 31.1 Å². The molecular formula is C17H22N2OS. The second-order valence-electron chi connectivity index (χ2n) is 5.82. The predicted molar refractivity (Wildman–Crippen MR) is 88.7 cm³/mol. The summed E-state index contributed by atoms with van der Waals surface area (Å²) in [4.78, 5) is 8.18. The SMILES string of the molecule is CC1CCCN(c2nc(-c3ccccc3)c(CO)s2)CC1. The van der Waals surface area contributed by atoms with Crippen molar-refractivity contribution in [2.75, 3.05) is 18.0 Å². The molecule has 1 saturated heterocycles. The van der Waals surface area contributed by atoms with Crippen molar-refractivity contribution in [3.05, 3.63) is 35.2 Å². The fraction of sp³-hybridized carbons (Fsp3) is 0.471. The summed E-state index contributed by atoms with van der Waals surface area (Å²) in [6, 6.07) is 10.2. The average molecular weight is 302 g/mol. The zero-order valence-corrected chi connectivity index (χ0v) is 13.3. The molecule has 3 nitrogen and oxygen atoms in total. The number of hydrogen-bond acceptors (Lipinski definition) is 4. The predicted octanol–water partition coefficient (Wildman–Crippen LogP) is 3.93. The van der Waals surface area contributed by atoms with Gasteiger partial charge in [-0.25, -0.2) is 4.98 Å². The van der Waals surface area contributed by atoms with Crippen molar-refractivity contribution < 1.29 is 5.11 Å². The summed E-state index contributed by atoms with van der Waals surface area (Å²) in [6.45, 7) is 4.55. The Balaban J connectivity index is 1.89. The van der Waals surface area contributed by atoms with Crippen LogP contribution in [0.15, 0.2) is 30.3 Å². The highest BCUT2D eigenvalue weighted by Gasteiger charge is 2.19. The summed E-state index contributed by atoms with van der Waals surface area (Å²) in [5, 5.41) is 10.7. The van der Waals surface area contributed by atoms with E-state index in [-0.39, 0.29) is 6.61 Å². The molecule has 2 heterocycles. The monoisotopic (exact) mass is 302 g/mol. The molecule has 0 aliphatic carbocycles. The highest BCUT2D eigenvalue weighted by atomic mass is 32.1. The van der Waals surface area contributed by atoms with Crippen LogP contribution in [0, 0.1) is 5.92 Å². The topological polar surface area (TPSA) is 36.4 Å². The van der Waals surface area contributed by atoms with Gasteiger partial charge in [0.15, 0.2) is 5.13 Å². The molecule has 112 valence electrons. The molecule has 1 N–H and O–H groups in total. The number of benzene rings is 1. The minimum atomic E-state index is 0.0616. The van der Waals surface area contributed by atoms with Gasteiger partial charge in [0.05, 0.1) is 17.2 Å². The van der Waals surface area contributed by atoms with Crippen LogP contribution in [0.25, 0.3) is 11.3 Å². The van der Waals surface area contributed by atoms with E-state index in [1.165, 1.54) is 19.3 Å². The lowest BCUT2D eigenvalue weighted by atomic mass is 10.0. The summed E-state index contributed by atoms with van der Waals surface area (Å²) in [5.41, 5.74) is 2.03. The molecule has 0 amide bonds. The van der Waals surface area contributed by atoms with Crippen molar-refractivity contribution in [1.82, 2.24) is 4.98 Å². The number of rotatable bonds is 3. The van der Waals surface area contributed by atoms with E-state index in [9.17, 15) is 5.11 Å². The van der Waals surface area contributed by atoms with Crippen LogP contribution in [0.3, 0.4) is 0 Å². The number of thiazole rings is 1. The molecule has 21 heavy (non-hydrogen) atoms. The standard InChI is InChI=1S/C17H22N2OS/c1-13-6-5-10-19(11-9-13)17-18-16(15(12-20)21-17)14-7-3-2-4-8-14/h2-4,7-8,13,20H,5-6,9-12H2,1H3. The maximum Gasteiger partial charge on any atom is 0.186 e. The van der Waals surface area contributed by atoms with Gasteiger partial charge in [-0.1, -0.05) is 48.6 Å². The van der Waals surface area contributed by atoms with Crippen LogP contribution in [-0.4, -0.2) is 23.2 Å². The maximum atomic E-state index is 9.64. The minimum Gasteiger partial charge on any atom is -0.391 e. The van der Waals surface area contributed by atoms with E-state index < -0.39 is 0 Å². The summed E-state index contributed by atoms with van der Waals surface area (Å²) >= 11 is 1.64. The van der Waals surface area contributed by atoms with Gasteiger partial charge in [0.1, 0.15) is 0 Å². The minimum absolute atomic E-state index is 0.0616. The van der Waals surface area contributed by atoms with Crippen LogP contribution >= 0.6 is 11.3 Å². The van der Waals surface area contributed by atoms with E-state index in [2.05, 4.69) is 24.0 Å². The van der Waals surface area contributed by atoms with Crippen LogP contribution in [0.5, 0.6) is 0 Å². The Morgan fingerprint density at radius 3 is 2.81 bits per heavy atom. The second kappa shape index (κ2) is 6.58. The third kappa shape index (κ3) is 3.27. The van der Waals surface area contributed by atoms with Gasteiger partial charge < -0.3 is 10.0 Å². The first-order valence-corrected chi connectivity index (χ1v) is 8.50. The smallest absolute Gasteiger partial charge is 0.186 e. The average Bonchev–Trinajstić information content (AvgIpc) is 2.84. The molecule has 3 rings (SSSR count). The lowest BCUT2D eigenvalue weighted by Crippen LogP contribution is -2.23. The number of aliphatic hydroxyl groups excluding tert-OH is 1. The van der Waals surface area contributed by atoms with Crippen molar-refractivity contribution in [2.45, 2.75) is 32.8 Å². The van der Waals surface area contributed by atoms with Crippen LogP contribution in [-0.2, 0) is 6.61 Å². The highest BCUT2D eigenvalue weighted by molar-refractivity contribution is 7.16. The lowest BCUT2D eigenvalue weighted by molar-refractivity contribution is 0.286. The van der Waals surface area contributed by atoms with E-state index >= 15 is 0 Å². The summed E-state index contributed by atoms with van der Waals surface area (Å²) in [5.74, 6) is 0.806. The van der Waals surface area contributed by atoms with Crippen molar-refractivity contribution in [2.24, 2.45) is 5.92 Å². The normalized spacial score (nSPS) is 19.5. The molecule has 1 aromatic heterocycles. The van der Waals surface area contributed by atoms with Crippen molar-refractivity contribution in [3.63, 3.8) is 0 Å². The van der Waals surface area contributed by atoms with Gasteiger partial charge >= 0.3 is 0 Å². The Labute approximate surface area is 130 Å². The van der Waals surface area contributed by atoms with Gasteiger partial charge in [-0.2, -0.15) is 0 Å². The number of nitrogens with zero attached hydrogens (tertiary/aromatic N) is 2. The number of hydrogen-bond donors (Lipinski definition) is 1. The van der Waals surface area contributed by atoms with Crippen LogP contribution < -0.4 is 4.90 Å². The first-order chi connectivity index (χ1) is 10.3. The first-order valence-electron chi connectivity index (χ1n) is 7.69. The molecule has 0 spiro atoms. The number of aromatic nitrogens is 1. The maximum absolute atomic E-state index is 9.64. The second-order valence-corrected chi connectivity index (χ2v) is 6.88. The zero-order chi connectivity index (χ0) is 14.7. The van der Waals surface area contributed by atoms with Gasteiger partial charge in [-0.05, 0) is 25.2 Å². The molecule has 1 unspecified atom stereocenters. The lowest BCUT2D eigenvalue weighted by Gasteiger charge is -2.18. The fourth-order valence-corrected chi connectivity index (χ4v) is 3.85. The summed E-state index contributed by atoms with van der Waals surface area (Å²) < 4.78 is 0. The van der Waals surface area contributed by atoms with Gasteiger partial charge in [-0.15, -0.1) is 0 Å². The van der Waals surface area contributed by atoms with Crippen molar-refractivity contribution in [1.29, 1.82) is 0 Å². The Kier molecular flexibility index (Phi) is 4.56. The quantitative estimate of drug-likeness (QED) is 0.933. The van der Waals surface area contributed by atoms with E-state index in [0.29, 0.717) is 0 Å². The van der Waals surface area contributed by atoms with Gasteiger partial charge in [0, 0.05) is 18.7 Å². The first kappa shape index (κ1) is 14.5. The van der Waals surface area contributed by atoms with Crippen molar-refractivity contribution >= 4 is 16.5 Å². The van der Waals surface area contributed by atoms with Gasteiger partial charge in [-0.3, -0.25) is 0 Å². The van der Waals surface area contributed by atoms with E-state index in [1.807, 2.05) is 18.2 Å². The molecule has 0 saturated carbocycles. The van der Waals surface area contributed by atoms with E-state index in [4.69, 9.17) is 4.98 Å². The molecule has 2 aromatic rings. The van der Waals surface area contributed by atoms with Crippen LogP contribution in [0.4, 0.5) is 5.13 Å².